The predicted octanol–water partition coefficient (Wildman–Crippen LogP) is 1.43. The first-order valence-electron chi connectivity index (χ1n) is 13.3. The van der Waals surface area contributed by atoms with E-state index in [-0.39, 0.29) is 30.2 Å². The number of esters is 1. The molecule has 1 aromatic heterocycles. The minimum atomic E-state index is -1.40. The van der Waals surface area contributed by atoms with Crippen molar-refractivity contribution in [3.8, 4) is 5.75 Å². The van der Waals surface area contributed by atoms with E-state index in [0.29, 0.717) is 0 Å². The van der Waals surface area contributed by atoms with Crippen LogP contribution in [0.15, 0.2) is 48.7 Å². The second kappa shape index (κ2) is 13.4. The number of rotatable bonds is 6. The number of carbonyl (C=O) groups excluding carboxylic acids is 4. The van der Waals surface area contributed by atoms with Crippen LogP contribution >= 0.6 is 0 Å². The van der Waals surface area contributed by atoms with E-state index in [1.165, 1.54) is 37.2 Å². The third-order valence-corrected chi connectivity index (χ3v) is 7.06. The van der Waals surface area contributed by atoms with Gasteiger partial charge in [-0.3, -0.25) is 14.4 Å². The number of nitrogens with zero attached hydrogens (tertiary/aromatic N) is 2. The van der Waals surface area contributed by atoms with Gasteiger partial charge in [0.1, 0.15) is 23.9 Å². The Kier molecular flexibility index (Phi) is 10.2. The lowest BCUT2D eigenvalue weighted by atomic mass is 9.90. The van der Waals surface area contributed by atoms with Crippen LogP contribution in [-0.4, -0.2) is 81.2 Å². The number of amides is 3. The predicted molar refractivity (Wildman–Crippen MR) is 146 cm³/mol. The zero-order chi connectivity index (χ0) is 29.6. The van der Waals surface area contributed by atoms with Gasteiger partial charge in [-0.25, -0.2) is 9.78 Å². The van der Waals surface area contributed by atoms with Gasteiger partial charge in [0, 0.05) is 13.2 Å². The highest BCUT2D eigenvalue weighted by molar-refractivity contribution is 5.98. The Bertz CT molecular complexity index is 1210. The second-order valence-electron chi connectivity index (χ2n) is 10.6. The van der Waals surface area contributed by atoms with Crippen LogP contribution in [0.3, 0.4) is 0 Å². The SMILES string of the molecule is CC(C)CC1C(=O)O[C@H](C)[C@H](NC(=O)c2ncccc2O)C(=O)N[C@@H](Cc2ccccc2)[C@@H](O)[C@@H](C)C(=O)N1C. The number of aromatic nitrogens is 1. The number of likely N-dealkylation sites (N-methyl/N-ethyl adjacent to an activating group) is 1. The average Bonchev–Trinajstić information content (AvgIpc) is 2.92. The van der Waals surface area contributed by atoms with E-state index >= 15 is 0 Å². The molecule has 0 bridgehead atoms. The number of hydrogen-bond acceptors (Lipinski definition) is 8. The van der Waals surface area contributed by atoms with Crippen LogP contribution in [0.4, 0.5) is 0 Å². The summed E-state index contributed by atoms with van der Waals surface area (Å²) in [5, 5.41) is 26.7. The summed E-state index contributed by atoms with van der Waals surface area (Å²) >= 11 is 0. The summed E-state index contributed by atoms with van der Waals surface area (Å²) in [6.07, 6.45) is -0.696. The van der Waals surface area contributed by atoms with Crippen LogP contribution < -0.4 is 10.6 Å². The molecule has 1 aromatic carbocycles. The highest BCUT2D eigenvalue weighted by atomic mass is 16.5. The summed E-state index contributed by atoms with van der Waals surface area (Å²) in [5.74, 6) is -4.14. The van der Waals surface area contributed by atoms with Crippen LogP contribution in [0.1, 0.15) is 50.2 Å². The fourth-order valence-corrected chi connectivity index (χ4v) is 4.73. The first kappa shape index (κ1) is 30.6. The minimum absolute atomic E-state index is 0.0213. The van der Waals surface area contributed by atoms with E-state index in [0.717, 1.165) is 5.56 Å². The zero-order valence-corrected chi connectivity index (χ0v) is 23.4. The largest absolute Gasteiger partial charge is 0.505 e. The second-order valence-corrected chi connectivity index (χ2v) is 10.6. The molecule has 2 aromatic rings. The number of aliphatic hydroxyl groups excluding tert-OH is 1. The number of aromatic hydroxyl groups is 1. The fraction of sp³-hybridized carbons (Fsp3) is 0.483. The molecule has 6 atom stereocenters. The molecule has 2 heterocycles. The van der Waals surface area contributed by atoms with Crippen LogP contribution in [0.5, 0.6) is 5.75 Å². The lowest BCUT2D eigenvalue weighted by molar-refractivity contribution is -0.163. The first-order chi connectivity index (χ1) is 18.9. The molecular formula is C29H38N4O7. The standard InChI is InChI=1S/C29H38N4O7/c1-16(2)14-21-29(39)40-18(4)23(32-27(37)24-22(34)12-9-13-30-24)26(36)31-20(15-19-10-7-6-8-11-19)25(35)17(3)28(38)33(21)5/h6-13,16-18,20-21,23,25,34-35H,14-15H2,1-5H3,(H,31,36)(H,32,37)/t17-,18-,20+,21?,23+,25+/m1/s1. The summed E-state index contributed by atoms with van der Waals surface area (Å²) in [7, 11) is 1.49. The van der Waals surface area contributed by atoms with Gasteiger partial charge in [0.15, 0.2) is 5.69 Å². The van der Waals surface area contributed by atoms with Crippen molar-refractivity contribution in [1.82, 2.24) is 20.5 Å². The molecule has 1 saturated heterocycles. The number of ether oxygens (including phenoxy) is 1. The monoisotopic (exact) mass is 554 g/mol. The number of carbonyl (C=O) groups is 4. The van der Waals surface area contributed by atoms with Gasteiger partial charge in [0.2, 0.25) is 11.8 Å². The van der Waals surface area contributed by atoms with Crippen molar-refractivity contribution in [3.05, 3.63) is 59.9 Å². The molecule has 11 heteroatoms. The summed E-state index contributed by atoms with van der Waals surface area (Å²) in [6.45, 7) is 6.79. The maximum absolute atomic E-state index is 13.7. The Balaban J connectivity index is 2.03. The Morgan fingerprint density at radius 2 is 1.80 bits per heavy atom. The molecule has 40 heavy (non-hydrogen) atoms. The maximum Gasteiger partial charge on any atom is 0.329 e. The van der Waals surface area contributed by atoms with Crippen molar-refractivity contribution < 1.29 is 34.1 Å². The van der Waals surface area contributed by atoms with Crippen LogP contribution in [-0.2, 0) is 25.5 Å². The summed E-state index contributed by atoms with van der Waals surface area (Å²) in [5.41, 5.74) is 0.501. The number of nitrogens with one attached hydrogen (secondary N) is 2. The molecule has 1 unspecified atom stereocenters. The van der Waals surface area contributed by atoms with Crippen molar-refractivity contribution in [3.63, 3.8) is 0 Å². The Morgan fingerprint density at radius 1 is 1.12 bits per heavy atom. The van der Waals surface area contributed by atoms with Crippen molar-refractivity contribution in [2.24, 2.45) is 11.8 Å². The van der Waals surface area contributed by atoms with E-state index in [1.807, 2.05) is 44.2 Å². The van der Waals surface area contributed by atoms with E-state index in [4.69, 9.17) is 4.74 Å². The Hall–Kier alpha value is -3.99. The molecule has 0 saturated carbocycles. The van der Waals surface area contributed by atoms with Gasteiger partial charge in [0.05, 0.1) is 18.1 Å². The van der Waals surface area contributed by atoms with Crippen LogP contribution in [0, 0.1) is 11.8 Å². The van der Waals surface area contributed by atoms with Crippen molar-refractivity contribution in [2.75, 3.05) is 7.05 Å². The van der Waals surface area contributed by atoms with Crippen LogP contribution in [0.2, 0.25) is 0 Å². The normalized spacial score (nSPS) is 26.4. The summed E-state index contributed by atoms with van der Waals surface area (Å²) in [6, 6.07) is 8.57. The molecule has 1 aliphatic heterocycles. The third-order valence-electron chi connectivity index (χ3n) is 7.06. The lowest BCUT2D eigenvalue weighted by Gasteiger charge is -2.36. The highest BCUT2D eigenvalue weighted by Crippen LogP contribution is 2.22. The van der Waals surface area contributed by atoms with Crippen molar-refractivity contribution in [1.29, 1.82) is 0 Å². The van der Waals surface area contributed by atoms with Crippen molar-refractivity contribution >= 4 is 23.7 Å². The third kappa shape index (κ3) is 7.35. The van der Waals surface area contributed by atoms with Crippen molar-refractivity contribution in [2.45, 2.75) is 70.9 Å². The smallest absolute Gasteiger partial charge is 0.329 e. The van der Waals surface area contributed by atoms with Gasteiger partial charge in [0.25, 0.3) is 5.91 Å². The molecule has 0 aliphatic carbocycles. The van der Waals surface area contributed by atoms with Gasteiger partial charge in [-0.15, -0.1) is 0 Å². The quantitative estimate of drug-likeness (QED) is 0.391. The molecule has 4 N–H and O–H groups in total. The average molecular weight is 555 g/mol. The van der Waals surface area contributed by atoms with E-state index < -0.39 is 59.9 Å². The van der Waals surface area contributed by atoms with E-state index in [1.54, 1.807) is 6.92 Å². The molecule has 3 rings (SSSR count). The number of pyridine rings is 1. The Morgan fingerprint density at radius 3 is 2.42 bits per heavy atom. The molecular weight excluding hydrogens is 516 g/mol. The molecule has 216 valence electrons. The fourth-order valence-electron chi connectivity index (χ4n) is 4.73. The maximum atomic E-state index is 13.7. The molecule has 0 radical (unpaired) electrons. The molecule has 0 spiro atoms. The Labute approximate surface area is 233 Å². The lowest BCUT2D eigenvalue weighted by Crippen LogP contribution is -2.60. The van der Waals surface area contributed by atoms with Gasteiger partial charge < -0.3 is 30.5 Å². The van der Waals surface area contributed by atoms with Gasteiger partial charge in [-0.1, -0.05) is 51.1 Å². The topological polar surface area (TPSA) is 158 Å². The number of aliphatic hydroxyl groups is 1. The number of cyclic esters (lactones) is 1. The van der Waals surface area contributed by atoms with E-state index in [2.05, 4.69) is 15.6 Å². The molecule has 11 nitrogen and oxygen atoms in total. The highest BCUT2D eigenvalue weighted by Gasteiger charge is 2.41. The molecule has 1 fully saturated rings. The zero-order valence-electron chi connectivity index (χ0n) is 23.4. The van der Waals surface area contributed by atoms with Gasteiger partial charge in [-0.05, 0) is 43.4 Å². The van der Waals surface area contributed by atoms with Gasteiger partial charge in [-0.2, -0.15) is 0 Å². The summed E-state index contributed by atoms with van der Waals surface area (Å²) in [4.78, 5) is 58.6. The number of hydrogen-bond donors (Lipinski definition) is 4. The first-order valence-corrected chi connectivity index (χ1v) is 13.3. The van der Waals surface area contributed by atoms with Crippen LogP contribution in [0.25, 0.3) is 0 Å². The van der Waals surface area contributed by atoms with E-state index in [9.17, 15) is 29.4 Å². The minimum Gasteiger partial charge on any atom is -0.505 e. The summed E-state index contributed by atoms with van der Waals surface area (Å²) < 4.78 is 5.67. The number of benzene rings is 1. The van der Waals surface area contributed by atoms with Gasteiger partial charge >= 0.3 is 5.97 Å². The molecule has 1 aliphatic rings. The molecule has 3 amide bonds.